The number of rotatable bonds is 3. The van der Waals surface area contributed by atoms with Crippen LogP contribution < -0.4 is 9.80 Å². The number of nitrogens with zero attached hydrogens (tertiary/aromatic N) is 6. The van der Waals surface area contributed by atoms with Crippen molar-refractivity contribution in [3.05, 3.63) is 45.1 Å². The fraction of sp³-hybridized carbons (Fsp3) is 0.560. The first-order chi connectivity index (χ1) is 16.4. The largest absolute Gasteiger partial charge is 0.356 e. The smallest absolute Gasteiger partial charge is 0.254 e. The molecule has 3 aliphatic heterocycles. The van der Waals surface area contributed by atoms with Crippen LogP contribution in [0.2, 0.25) is 10.0 Å². The Bertz CT molecular complexity index is 1060. The van der Waals surface area contributed by atoms with E-state index in [0.29, 0.717) is 28.7 Å². The molecule has 1 amide bonds. The number of piperazine rings is 1. The number of carbonyl (C=O) groups is 1. The lowest BCUT2D eigenvalue weighted by Crippen LogP contribution is -2.46. The number of carbonyl (C=O) groups excluding carboxylic acids is 1. The van der Waals surface area contributed by atoms with Crippen LogP contribution in [0.15, 0.2) is 18.2 Å². The molecule has 4 heterocycles. The van der Waals surface area contributed by atoms with Crippen molar-refractivity contribution in [3.63, 3.8) is 0 Å². The molecule has 2 fully saturated rings. The van der Waals surface area contributed by atoms with E-state index >= 15 is 0 Å². The van der Waals surface area contributed by atoms with Gasteiger partial charge in [-0.3, -0.25) is 4.79 Å². The number of aromatic nitrogens is 2. The van der Waals surface area contributed by atoms with Gasteiger partial charge in [0.15, 0.2) is 0 Å². The molecule has 0 bridgehead atoms. The molecule has 182 valence electrons. The predicted molar refractivity (Wildman–Crippen MR) is 137 cm³/mol. The zero-order chi connectivity index (χ0) is 23.8. The van der Waals surface area contributed by atoms with E-state index in [0.717, 1.165) is 87.5 Å². The monoisotopic (exact) mass is 502 g/mol. The van der Waals surface area contributed by atoms with Gasteiger partial charge in [0.2, 0.25) is 5.95 Å². The maximum Gasteiger partial charge on any atom is 0.254 e. The van der Waals surface area contributed by atoms with Gasteiger partial charge in [-0.05, 0) is 44.0 Å². The summed E-state index contributed by atoms with van der Waals surface area (Å²) in [6.07, 6.45) is 3.05. The molecule has 9 heteroatoms. The second-order valence-electron chi connectivity index (χ2n) is 9.84. The van der Waals surface area contributed by atoms with Crippen molar-refractivity contribution in [3.8, 4) is 0 Å². The van der Waals surface area contributed by atoms with Crippen LogP contribution in [-0.2, 0) is 13.0 Å². The summed E-state index contributed by atoms with van der Waals surface area (Å²) in [5, 5.41) is 0.849. The topological polar surface area (TPSA) is 55.8 Å². The van der Waals surface area contributed by atoms with E-state index in [-0.39, 0.29) is 5.91 Å². The number of fused-ring (bicyclic) bond motifs is 1. The van der Waals surface area contributed by atoms with Crippen molar-refractivity contribution in [2.24, 2.45) is 5.92 Å². The highest BCUT2D eigenvalue weighted by Gasteiger charge is 2.31. The van der Waals surface area contributed by atoms with E-state index in [1.165, 1.54) is 0 Å². The second-order valence-corrected chi connectivity index (χ2v) is 10.7. The summed E-state index contributed by atoms with van der Waals surface area (Å²) in [6, 6.07) is 5.08. The van der Waals surface area contributed by atoms with Gasteiger partial charge in [-0.25, -0.2) is 4.98 Å². The summed E-state index contributed by atoms with van der Waals surface area (Å²) in [5.74, 6) is 2.55. The normalized spacial score (nSPS) is 19.9. The first-order valence-corrected chi connectivity index (χ1v) is 13.0. The van der Waals surface area contributed by atoms with Crippen LogP contribution in [0.3, 0.4) is 0 Å². The first-order valence-electron chi connectivity index (χ1n) is 12.2. The molecule has 0 aliphatic carbocycles. The van der Waals surface area contributed by atoms with Gasteiger partial charge < -0.3 is 19.6 Å². The molecule has 0 atom stereocenters. The quantitative estimate of drug-likeness (QED) is 0.632. The zero-order valence-corrected chi connectivity index (χ0v) is 21.4. The number of hydrogen-bond donors (Lipinski definition) is 0. The Morgan fingerprint density at radius 3 is 2.38 bits per heavy atom. The van der Waals surface area contributed by atoms with Crippen molar-refractivity contribution >= 4 is 40.9 Å². The van der Waals surface area contributed by atoms with Crippen molar-refractivity contribution in [2.45, 2.75) is 32.7 Å². The number of anilines is 2. The molecule has 2 aromatic rings. The highest BCUT2D eigenvalue weighted by Crippen LogP contribution is 2.33. The van der Waals surface area contributed by atoms with Gasteiger partial charge in [0, 0.05) is 63.4 Å². The Kier molecular flexibility index (Phi) is 6.87. The Labute approximate surface area is 211 Å². The van der Waals surface area contributed by atoms with Crippen molar-refractivity contribution in [1.29, 1.82) is 0 Å². The predicted octanol–water partition coefficient (Wildman–Crippen LogP) is 3.97. The third-order valence-corrected chi connectivity index (χ3v) is 8.09. The lowest BCUT2D eigenvalue weighted by atomic mass is 9.98. The number of hydrogen-bond acceptors (Lipinski definition) is 6. The van der Waals surface area contributed by atoms with Crippen LogP contribution in [0.25, 0.3) is 0 Å². The first kappa shape index (κ1) is 23.6. The van der Waals surface area contributed by atoms with Crippen molar-refractivity contribution < 1.29 is 4.79 Å². The molecule has 0 saturated carbocycles. The average Bonchev–Trinajstić information content (AvgIpc) is 2.85. The molecule has 0 spiro atoms. The minimum Gasteiger partial charge on any atom is -0.356 e. The Morgan fingerprint density at radius 2 is 1.68 bits per heavy atom. The van der Waals surface area contributed by atoms with E-state index in [2.05, 4.69) is 28.7 Å². The van der Waals surface area contributed by atoms with Crippen LogP contribution in [0.4, 0.5) is 11.8 Å². The molecule has 34 heavy (non-hydrogen) atoms. The van der Waals surface area contributed by atoms with E-state index < -0.39 is 0 Å². The number of halogens is 2. The van der Waals surface area contributed by atoms with Crippen LogP contribution in [0.1, 0.15) is 41.4 Å². The second kappa shape index (κ2) is 9.88. The van der Waals surface area contributed by atoms with Gasteiger partial charge in [-0.2, -0.15) is 4.98 Å². The lowest BCUT2D eigenvalue weighted by Gasteiger charge is -2.38. The van der Waals surface area contributed by atoms with Gasteiger partial charge in [-0.15, -0.1) is 0 Å². The highest BCUT2D eigenvalue weighted by molar-refractivity contribution is 6.42. The molecule has 1 aromatic heterocycles. The van der Waals surface area contributed by atoms with E-state index in [1.54, 1.807) is 18.2 Å². The molecule has 0 unspecified atom stereocenters. The minimum absolute atomic E-state index is 0.0365. The summed E-state index contributed by atoms with van der Waals surface area (Å²) in [5.41, 5.74) is 2.73. The summed E-state index contributed by atoms with van der Waals surface area (Å²) in [6.45, 7) is 9.36. The minimum atomic E-state index is -0.0365. The van der Waals surface area contributed by atoms with Crippen molar-refractivity contribution in [1.82, 2.24) is 19.8 Å². The summed E-state index contributed by atoms with van der Waals surface area (Å²) in [4.78, 5) is 32.4. The van der Waals surface area contributed by atoms with Gasteiger partial charge in [0.05, 0.1) is 22.3 Å². The third-order valence-electron chi connectivity index (χ3n) is 7.35. The SMILES string of the molecule is CC1CCN(c2nc(N3CCN(C)CC3)nc3c2CN(C(=O)c2ccc(Cl)c(Cl)c2)CC3)CC1. The standard InChI is InChI=1S/C25H32Cl2N6O/c1-17-5-8-31(9-6-17)23-19-16-33(24(34)18-3-4-20(26)21(27)15-18)10-7-22(19)28-25(29-23)32-13-11-30(2)12-14-32/h3-4,15,17H,5-14,16H2,1-2H3. The number of amides is 1. The molecule has 7 nitrogen and oxygen atoms in total. The fourth-order valence-electron chi connectivity index (χ4n) is 5.00. The molecule has 0 N–H and O–H groups in total. The number of benzene rings is 1. The number of piperidine rings is 1. The summed E-state index contributed by atoms with van der Waals surface area (Å²) < 4.78 is 0. The molecule has 0 radical (unpaired) electrons. The Morgan fingerprint density at radius 1 is 0.941 bits per heavy atom. The third kappa shape index (κ3) is 4.83. The van der Waals surface area contributed by atoms with Gasteiger partial charge in [0.1, 0.15) is 5.82 Å². The lowest BCUT2D eigenvalue weighted by molar-refractivity contribution is 0.0733. The molecular weight excluding hydrogens is 471 g/mol. The zero-order valence-electron chi connectivity index (χ0n) is 19.9. The molecule has 3 aliphatic rings. The maximum atomic E-state index is 13.3. The van der Waals surface area contributed by atoms with Crippen LogP contribution in [0.5, 0.6) is 0 Å². The molecule has 5 rings (SSSR count). The fourth-order valence-corrected chi connectivity index (χ4v) is 5.30. The van der Waals surface area contributed by atoms with E-state index in [9.17, 15) is 4.79 Å². The van der Waals surface area contributed by atoms with Gasteiger partial charge >= 0.3 is 0 Å². The van der Waals surface area contributed by atoms with E-state index in [4.69, 9.17) is 33.2 Å². The summed E-state index contributed by atoms with van der Waals surface area (Å²) >= 11 is 12.2. The van der Waals surface area contributed by atoms with E-state index in [1.807, 2.05) is 4.90 Å². The van der Waals surface area contributed by atoms with Gasteiger partial charge in [-0.1, -0.05) is 30.1 Å². The van der Waals surface area contributed by atoms with Crippen LogP contribution in [0, 0.1) is 5.92 Å². The van der Waals surface area contributed by atoms with Crippen molar-refractivity contribution in [2.75, 3.05) is 62.7 Å². The molecule has 1 aromatic carbocycles. The van der Waals surface area contributed by atoms with Crippen LogP contribution >= 0.6 is 23.2 Å². The van der Waals surface area contributed by atoms with Crippen LogP contribution in [-0.4, -0.2) is 78.5 Å². The molecular formula is C25H32Cl2N6O. The molecule has 2 saturated heterocycles. The Hall–Kier alpha value is -2.09. The Balaban J connectivity index is 1.45. The highest BCUT2D eigenvalue weighted by atomic mass is 35.5. The number of likely N-dealkylation sites (N-methyl/N-ethyl adjacent to an activating group) is 1. The maximum absolute atomic E-state index is 13.3. The van der Waals surface area contributed by atoms with Gasteiger partial charge in [0.25, 0.3) is 5.91 Å². The average molecular weight is 503 g/mol. The summed E-state index contributed by atoms with van der Waals surface area (Å²) in [7, 11) is 2.16.